The summed E-state index contributed by atoms with van der Waals surface area (Å²) in [5, 5.41) is 9.59. The van der Waals surface area contributed by atoms with Gasteiger partial charge in [-0.2, -0.15) is 17.4 Å². The van der Waals surface area contributed by atoms with Gasteiger partial charge in [0.05, 0.1) is 6.10 Å². The van der Waals surface area contributed by atoms with Gasteiger partial charge in [-0.15, -0.1) is 0 Å². The Balaban J connectivity index is 2.50. The fourth-order valence-electron chi connectivity index (χ4n) is 1.88. The molecule has 0 radical (unpaired) electrons. The first kappa shape index (κ1) is 14.9. The topological polar surface area (TPSA) is 69.6 Å². The smallest absolute Gasteiger partial charge is 0.279 e. The van der Waals surface area contributed by atoms with Gasteiger partial charge in [-0.3, -0.25) is 0 Å². The van der Waals surface area contributed by atoms with E-state index < -0.39 is 16.3 Å². The van der Waals surface area contributed by atoms with Gasteiger partial charge < -0.3 is 5.11 Å². The zero-order valence-corrected chi connectivity index (χ0v) is 11.7. The van der Waals surface area contributed by atoms with E-state index in [0.29, 0.717) is 19.0 Å². The van der Waals surface area contributed by atoms with E-state index in [1.165, 1.54) is 4.31 Å². The quantitative estimate of drug-likeness (QED) is 0.763. The lowest BCUT2D eigenvalue weighted by Gasteiger charge is -2.30. The number of aliphatic hydroxyl groups is 1. The Labute approximate surface area is 104 Å². The fourth-order valence-corrected chi connectivity index (χ4v) is 3.27. The van der Waals surface area contributed by atoms with Crippen LogP contribution in [0.2, 0.25) is 0 Å². The van der Waals surface area contributed by atoms with Crippen molar-refractivity contribution in [3.05, 3.63) is 0 Å². The molecular formula is C11H24N2O3S. The second-order valence-electron chi connectivity index (χ2n) is 5.27. The lowest BCUT2D eigenvalue weighted by molar-refractivity contribution is 0.128. The molecular weight excluding hydrogens is 240 g/mol. The summed E-state index contributed by atoms with van der Waals surface area (Å²) >= 11 is 0. The molecule has 102 valence electrons. The first-order chi connectivity index (χ1) is 7.83. The van der Waals surface area contributed by atoms with E-state index >= 15 is 0 Å². The number of rotatable bonds is 5. The zero-order chi connectivity index (χ0) is 13.1. The highest BCUT2D eigenvalue weighted by molar-refractivity contribution is 7.87. The van der Waals surface area contributed by atoms with Crippen molar-refractivity contribution in [2.75, 3.05) is 19.6 Å². The van der Waals surface area contributed by atoms with Gasteiger partial charge in [-0.1, -0.05) is 20.8 Å². The van der Waals surface area contributed by atoms with E-state index in [9.17, 15) is 13.5 Å². The minimum absolute atomic E-state index is 0.0537. The van der Waals surface area contributed by atoms with Crippen LogP contribution in [0.5, 0.6) is 0 Å². The molecule has 1 saturated heterocycles. The second-order valence-corrected chi connectivity index (χ2v) is 7.03. The Bertz CT molecular complexity index is 330. The van der Waals surface area contributed by atoms with Crippen molar-refractivity contribution in [3.8, 4) is 0 Å². The maximum absolute atomic E-state index is 12.0. The molecule has 0 aromatic heterocycles. The van der Waals surface area contributed by atoms with Gasteiger partial charge in [0.2, 0.25) is 0 Å². The molecule has 2 atom stereocenters. The summed E-state index contributed by atoms with van der Waals surface area (Å²) in [5.41, 5.74) is 0. The molecule has 2 N–H and O–H groups in total. The Kier molecular flexibility index (Phi) is 5.37. The normalized spacial score (nSPS) is 25.1. The lowest BCUT2D eigenvalue weighted by Crippen LogP contribution is -2.47. The molecule has 0 amide bonds. The van der Waals surface area contributed by atoms with Crippen LogP contribution < -0.4 is 4.72 Å². The van der Waals surface area contributed by atoms with Crippen LogP contribution in [0.3, 0.4) is 0 Å². The van der Waals surface area contributed by atoms with Crippen LogP contribution >= 0.6 is 0 Å². The van der Waals surface area contributed by atoms with Crippen LogP contribution in [0.15, 0.2) is 0 Å². The zero-order valence-electron chi connectivity index (χ0n) is 10.9. The lowest BCUT2D eigenvalue weighted by atomic mass is 10.0. The molecule has 5 nitrogen and oxygen atoms in total. The Morgan fingerprint density at radius 3 is 2.65 bits per heavy atom. The van der Waals surface area contributed by atoms with Crippen LogP contribution in [0.4, 0.5) is 0 Å². The largest absolute Gasteiger partial charge is 0.391 e. The van der Waals surface area contributed by atoms with Crippen molar-refractivity contribution in [2.24, 2.45) is 11.8 Å². The molecule has 0 bridgehead atoms. The van der Waals surface area contributed by atoms with E-state index in [1.54, 1.807) is 0 Å². The van der Waals surface area contributed by atoms with Crippen molar-refractivity contribution >= 4 is 10.2 Å². The molecule has 17 heavy (non-hydrogen) atoms. The molecule has 0 spiro atoms. The Morgan fingerprint density at radius 2 is 2.12 bits per heavy atom. The van der Waals surface area contributed by atoms with E-state index in [4.69, 9.17) is 0 Å². The highest BCUT2D eigenvalue weighted by Gasteiger charge is 2.27. The third-order valence-electron chi connectivity index (χ3n) is 3.20. The van der Waals surface area contributed by atoms with Crippen LogP contribution in [0.1, 0.15) is 33.6 Å². The highest BCUT2D eigenvalue weighted by atomic mass is 32.2. The number of aliphatic hydroxyl groups excluding tert-OH is 1. The summed E-state index contributed by atoms with van der Waals surface area (Å²) in [7, 11) is -3.42. The minimum atomic E-state index is -3.42. The van der Waals surface area contributed by atoms with Crippen LogP contribution in [-0.4, -0.2) is 43.6 Å². The maximum Gasteiger partial charge on any atom is 0.279 e. The minimum Gasteiger partial charge on any atom is -0.391 e. The number of nitrogens with zero attached hydrogens (tertiary/aromatic N) is 1. The summed E-state index contributed by atoms with van der Waals surface area (Å²) in [6.07, 6.45) is 1.36. The number of hydrogen-bond acceptors (Lipinski definition) is 3. The SMILES string of the molecule is CC1CCCN(S(=O)(=O)NCC(O)C(C)C)C1. The molecule has 0 aromatic carbocycles. The molecule has 1 fully saturated rings. The van der Waals surface area contributed by atoms with Crippen molar-refractivity contribution in [3.63, 3.8) is 0 Å². The third-order valence-corrected chi connectivity index (χ3v) is 4.75. The van der Waals surface area contributed by atoms with E-state index in [0.717, 1.165) is 12.8 Å². The third kappa shape index (κ3) is 4.54. The van der Waals surface area contributed by atoms with E-state index in [2.05, 4.69) is 11.6 Å². The van der Waals surface area contributed by atoms with Crippen LogP contribution in [0.25, 0.3) is 0 Å². The molecule has 1 rings (SSSR count). The number of piperidine rings is 1. The van der Waals surface area contributed by atoms with Gasteiger partial charge >= 0.3 is 0 Å². The molecule has 0 aromatic rings. The van der Waals surface area contributed by atoms with Crippen molar-refractivity contribution < 1.29 is 13.5 Å². The monoisotopic (exact) mass is 264 g/mol. The van der Waals surface area contributed by atoms with Crippen LogP contribution in [-0.2, 0) is 10.2 Å². The molecule has 0 saturated carbocycles. The highest BCUT2D eigenvalue weighted by Crippen LogP contribution is 2.17. The predicted molar refractivity (Wildman–Crippen MR) is 67.7 cm³/mol. The second kappa shape index (κ2) is 6.13. The maximum atomic E-state index is 12.0. The van der Waals surface area contributed by atoms with Gasteiger partial charge in [0, 0.05) is 19.6 Å². The standard InChI is InChI=1S/C11H24N2O3S/c1-9(2)11(14)7-12-17(15,16)13-6-4-5-10(3)8-13/h9-12,14H,4-8H2,1-3H3. The molecule has 2 unspecified atom stereocenters. The average molecular weight is 264 g/mol. The van der Waals surface area contributed by atoms with Gasteiger partial charge in [0.15, 0.2) is 0 Å². The van der Waals surface area contributed by atoms with Gasteiger partial charge in [-0.05, 0) is 24.7 Å². The predicted octanol–water partition coefficient (Wildman–Crippen LogP) is 0.570. The Morgan fingerprint density at radius 1 is 1.47 bits per heavy atom. The molecule has 1 heterocycles. The fraction of sp³-hybridized carbons (Fsp3) is 1.00. The van der Waals surface area contributed by atoms with Gasteiger partial charge in [0.25, 0.3) is 10.2 Å². The van der Waals surface area contributed by atoms with Crippen LogP contribution in [0, 0.1) is 11.8 Å². The van der Waals surface area contributed by atoms with Crippen molar-refractivity contribution in [1.29, 1.82) is 0 Å². The summed E-state index contributed by atoms with van der Waals surface area (Å²) in [5.74, 6) is 0.466. The molecule has 1 aliphatic rings. The number of nitrogens with one attached hydrogen (secondary N) is 1. The van der Waals surface area contributed by atoms with Gasteiger partial charge in [0.1, 0.15) is 0 Å². The molecule has 1 aliphatic heterocycles. The summed E-state index contributed by atoms with van der Waals surface area (Å²) in [6.45, 7) is 7.03. The first-order valence-corrected chi connectivity index (χ1v) is 7.69. The molecule has 0 aliphatic carbocycles. The first-order valence-electron chi connectivity index (χ1n) is 6.25. The number of hydrogen-bond donors (Lipinski definition) is 2. The van der Waals surface area contributed by atoms with Crippen molar-refractivity contribution in [2.45, 2.75) is 39.7 Å². The average Bonchev–Trinajstić information content (AvgIpc) is 2.26. The summed E-state index contributed by atoms with van der Waals surface area (Å²) in [6, 6.07) is 0. The summed E-state index contributed by atoms with van der Waals surface area (Å²) < 4.78 is 27.9. The van der Waals surface area contributed by atoms with Crippen molar-refractivity contribution in [1.82, 2.24) is 9.03 Å². The Hall–Kier alpha value is -0.170. The molecule has 6 heteroatoms. The van der Waals surface area contributed by atoms with Gasteiger partial charge in [-0.25, -0.2) is 0 Å². The van der Waals surface area contributed by atoms with E-state index in [-0.39, 0.29) is 12.5 Å². The van der Waals surface area contributed by atoms with E-state index in [1.807, 2.05) is 13.8 Å². The summed E-state index contributed by atoms with van der Waals surface area (Å²) in [4.78, 5) is 0.